The standard InChI is InChI=1S/C17H24N2O2S/c1-4-10-18-16(20)14-11-22-15(5-2)19(14)17(21)13-8-6-12(3)7-9-13/h6-9,14-15H,4-5,10-11H2,1-3H3,(H,18,20). The first-order chi connectivity index (χ1) is 10.6. The molecule has 2 atom stereocenters. The van der Waals surface area contributed by atoms with Gasteiger partial charge in [-0.05, 0) is 31.9 Å². The number of nitrogens with one attached hydrogen (secondary N) is 1. The Bertz CT molecular complexity index is 530. The highest BCUT2D eigenvalue weighted by Crippen LogP contribution is 2.32. The lowest BCUT2D eigenvalue weighted by molar-refractivity contribution is -0.124. The zero-order valence-corrected chi connectivity index (χ0v) is 14.3. The summed E-state index contributed by atoms with van der Waals surface area (Å²) in [5, 5.41) is 2.99. The van der Waals surface area contributed by atoms with E-state index in [4.69, 9.17) is 0 Å². The number of carbonyl (C=O) groups excluding carboxylic acids is 2. The van der Waals surface area contributed by atoms with Gasteiger partial charge in [-0.15, -0.1) is 11.8 Å². The summed E-state index contributed by atoms with van der Waals surface area (Å²) in [6.45, 7) is 6.73. The van der Waals surface area contributed by atoms with Crippen molar-refractivity contribution in [2.45, 2.75) is 45.0 Å². The fourth-order valence-corrected chi connectivity index (χ4v) is 3.92. The van der Waals surface area contributed by atoms with Gasteiger partial charge in [0.25, 0.3) is 5.91 Å². The molecule has 1 saturated heterocycles. The molecule has 0 aliphatic carbocycles. The molecule has 1 aliphatic heterocycles. The van der Waals surface area contributed by atoms with E-state index in [1.807, 2.05) is 38.1 Å². The molecule has 2 unspecified atom stereocenters. The molecule has 22 heavy (non-hydrogen) atoms. The second-order valence-corrected chi connectivity index (χ2v) is 6.79. The first-order valence-electron chi connectivity index (χ1n) is 7.87. The van der Waals surface area contributed by atoms with Gasteiger partial charge in [0.1, 0.15) is 6.04 Å². The van der Waals surface area contributed by atoms with Crippen LogP contribution in [0.25, 0.3) is 0 Å². The normalized spacial score (nSPS) is 21.0. The molecule has 1 N–H and O–H groups in total. The van der Waals surface area contributed by atoms with E-state index in [2.05, 4.69) is 12.2 Å². The van der Waals surface area contributed by atoms with Gasteiger partial charge < -0.3 is 10.2 Å². The molecule has 2 rings (SSSR count). The third-order valence-electron chi connectivity index (χ3n) is 3.83. The Hall–Kier alpha value is -1.49. The third-order valence-corrected chi connectivity index (χ3v) is 5.28. The van der Waals surface area contributed by atoms with Crippen LogP contribution < -0.4 is 5.32 Å². The first kappa shape index (κ1) is 16.9. The van der Waals surface area contributed by atoms with Gasteiger partial charge in [-0.25, -0.2) is 0 Å². The molecule has 1 aliphatic rings. The molecular weight excluding hydrogens is 296 g/mol. The number of hydrogen-bond donors (Lipinski definition) is 1. The molecule has 2 amide bonds. The molecule has 1 aromatic rings. The molecule has 0 aromatic heterocycles. The average Bonchev–Trinajstić information content (AvgIpc) is 2.96. The van der Waals surface area contributed by atoms with Crippen molar-refractivity contribution in [1.82, 2.24) is 10.2 Å². The van der Waals surface area contributed by atoms with Gasteiger partial charge in [0.05, 0.1) is 5.37 Å². The summed E-state index contributed by atoms with van der Waals surface area (Å²) in [6.07, 6.45) is 1.74. The molecule has 120 valence electrons. The highest BCUT2D eigenvalue weighted by atomic mass is 32.2. The summed E-state index contributed by atoms with van der Waals surface area (Å²) in [5.74, 6) is 0.588. The molecule has 4 nitrogen and oxygen atoms in total. The van der Waals surface area contributed by atoms with E-state index in [-0.39, 0.29) is 23.2 Å². The second-order valence-electron chi connectivity index (χ2n) is 5.58. The maximum absolute atomic E-state index is 12.8. The Morgan fingerprint density at radius 2 is 1.95 bits per heavy atom. The van der Waals surface area contributed by atoms with Crippen LogP contribution in [-0.4, -0.2) is 40.4 Å². The number of amides is 2. The number of carbonyl (C=O) groups is 2. The summed E-state index contributed by atoms with van der Waals surface area (Å²) in [7, 11) is 0. The van der Waals surface area contributed by atoms with Crippen molar-refractivity contribution in [1.29, 1.82) is 0 Å². The van der Waals surface area contributed by atoms with Crippen LogP contribution in [0.1, 0.15) is 42.6 Å². The van der Waals surface area contributed by atoms with E-state index in [0.717, 1.165) is 18.4 Å². The minimum absolute atomic E-state index is 0.0363. The van der Waals surface area contributed by atoms with Crippen LogP contribution in [0.4, 0.5) is 0 Å². The van der Waals surface area contributed by atoms with Gasteiger partial charge in [-0.2, -0.15) is 0 Å². The van der Waals surface area contributed by atoms with Crippen molar-refractivity contribution >= 4 is 23.6 Å². The molecule has 5 heteroatoms. The molecule has 0 spiro atoms. The SMILES string of the molecule is CCCNC(=O)C1CSC(CC)N1C(=O)c1ccc(C)cc1. The van der Waals surface area contributed by atoms with Crippen molar-refractivity contribution in [3.8, 4) is 0 Å². The summed E-state index contributed by atoms with van der Waals surface area (Å²) < 4.78 is 0. The number of benzene rings is 1. The van der Waals surface area contributed by atoms with Crippen molar-refractivity contribution in [3.05, 3.63) is 35.4 Å². The highest BCUT2D eigenvalue weighted by molar-refractivity contribution is 8.00. The predicted octanol–water partition coefficient (Wildman–Crippen LogP) is 2.81. The highest BCUT2D eigenvalue weighted by Gasteiger charge is 2.40. The van der Waals surface area contributed by atoms with E-state index in [0.29, 0.717) is 17.9 Å². The van der Waals surface area contributed by atoms with Gasteiger partial charge in [-0.1, -0.05) is 31.5 Å². The van der Waals surface area contributed by atoms with Crippen LogP contribution in [0.5, 0.6) is 0 Å². The largest absolute Gasteiger partial charge is 0.354 e. The van der Waals surface area contributed by atoms with Crippen LogP contribution >= 0.6 is 11.8 Å². The maximum Gasteiger partial charge on any atom is 0.255 e. The van der Waals surface area contributed by atoms with Crippen molar-refractivity contribution in [2.24, 2.45) is 0 Å². The molecule has 1 aromatic carbocycles. The number of aryl methyl sites for hydroxylation is 1. The fraction of sp³-hybridized carbons (Fsp3) is 0.529. The van der Waals surface area contributed by atoms with E-state index >= 15 is 0 Å². The summed E-state index contributed by atoms with van der Waals surface area (Å²) in [4.78, 5) is 27.0. The lowest BCUT2D eigenvalue weighted by Gasteiger charge is -2.28. The Kier molecular flexibility index (Phi) is 5.89. The lowest BCUT2D eigenvalue weighted by Crippen LogP contribution is -2.49. The zero-order valence-electron chi connectivity index (χ0n) is 13.5. The number of hydrogen-bond acceptors (Lipinski definition) is 3. The molecule has 1 fully saturated rings. The van der Waals surface area contributed by atoms with Crippen LogP contribution in [-0.2, 0) is 4.79 Å². The first-order valence-corrected chi connectivity index (χ1v) is 8.92. The third kappa shape index (κ3) is 3.64. The van der Waals surface area contributed by atoms with Gasteiger partial charge >= 0.3 is 0 Å². The average molecular weight is 320 g/mol. The molecule has 0 saturated carbocycles. The smallest absolute Gasteiger partial charge is 0.255 e. The Labute approximate surface area is 136 Å². The summed E-state index contributed by atoms with van der Waals surface area (Å²) in [6, 6.07) is 7.19. The van der Waals surface area contributed by atoms with Crippen LogP contribution in [0.2, 0.25) is 0 Å². The van der Waals surface area contributed by atoms with E-state index in [9.17, 15) is 9.59 Å². The van der Waals surface area contributed by atoms with Gasteiger partial charge in [0.2, 0.25) is 5.91 Å². The second kappa shape index (κ2) is 7.68. The van der Waals surface area contributed by atoms with Gasteiger partial charge in [0, 0.05) is 17.9 Å². The Morgan fingerprint density at radius 3 is 2.55 bits per heavy atom. The minimum Gasteiger partial charge on any atom is -0.354 e. The lowest BCUT2D eigenvalue weighted by atomic mass is 10.1. The van der Waals surface area contributed by atoms with Crippen LogP contribution in [0, 0.1) is 6.92 Å². The van der Waals surface area contributed by atoms with Gasteiger partial charge in [0.15, 0.2) is 0 Å². The van der Waals surface area contributed by atoms with E-state index in [1.165, 1.54) is 0 Å². The number of rotatable bonds is 5. The monoisotopic (exact) mass is 320 g/mol. The predicted molar refractivity (Wildman–Crippen MR) is 91.0 cm³/mol. The molecule has 1 heterocycles. The molecular formula is C17H24N2O2S. The van der Waals surface area contributed by atoms with E-state index < -0.39 is 0 Å². The quantitative estimate of drug-likeness (QED) is 0.907. The molecule has 0 radical (unpaired) electrons. The number of nitrogens with zero attached hydrogens (tertiary/aromatic N) is 1. The van der Waals surface area contributed by atoms with E-state index in [1.54, 1.807) is 16.7 Å². The van der Waals surface area contributed by atoms with Crippen molar-refractivity contribution in [3.63, 3.8) is 0 Å². The zero-order chi connectivity index (χ0) is 16.1. The van der Waals surface area contributed by atoms with Crippen LogP contribution in [0.15, 0.2) is 24.3 Å². The van der Waals surface area contributed by atoms with Crippen molar-refractivity contribution in [2.75, 3.05) is 12.3 Å². The van der Waals surface area contributed by atoms with Crippen LogP contribution in [0.3, 0.4) is 0 Å². The summed E-state index contributed by atoms with van der Waals surface area (Å²) in [5.41, 5.74) is 1.77. The Balaban J connectivity index is 2.20. The maximum atomic E-state index is 12.8. The minimum atomic E-state index is -0.365. The Morgan fingerprint density at radius 1 is 1.27 bits per heavy atom. The summed E-state index contributed by atoms with van der Waals surface area (Å²) >= 11 is 1.69. The molecule has 0 bridgehead atoms. The van der Waals surface area contributed by atoms with Crippen molar-refractivity contribution < 1.29 is 9.59 Å². The topological polar surface area (TPSA) is 49.4 Å². The van der Waals surface area contributed by atoms with Gasteiger partial charge in [-0.3, -0.25) is 9.59 Å². The fourth-order valence-electron chi connectivity index (χ4n) is 2.56. The number of thioether (sulfide) groups is 1.